The van der Waals surface area contributed by atoms with Gasteiger partial charge >= 0.3 is 0 Å². The van der Waals surface area contributed by atoms with Gasteiger partial charge in [0.25, 0.3) is 0 Å². The summed E-state index contributed by atoms with van der Waals surface area (Å²) in [5, 5.41) is 0. The normalized spacial score (nSPS) is 22.7. The van der Waals surface area contributed by atoms with Crippen LogP contribution in [0, 0.1) is 5.92 Å². The van der Waals surface area contributed by atoms with Crippen molar-refractivity contribution in [3.05, 3.63) is 0 Å². The fourth-order valence-corrected chi connectivity index (χ4v) is 2.83. The first-order valence-electron chi connectivity index (χ1n) is 7.12. The lowest BCUT2D eigenvalue weighted by Crippen LogP contribution is -2.53. The van der Waals surface area contributed by atoms with E-state index in [2.05, 4.69) is 18.9 Å². The molecule has 18 heavy (non-hydrogen) atoms. The summed E-state index contributed by atoms with van der Waals surface area (Å²) in [6.07, 6.45) is 7.41. The Labute approximate surface area is 111 Å². The minimum absolute atomic E-state index is 0.287. The first kappa shape index (κ1) is 15.4. The van der Waals surface area contributed by atoms with Crippen LogP contribution in [0.4, 0.5) is 0 Å². The molecule has 1 fully saturated rings. The van der Waals surface area contributed by atoms with Gasteiger partial charge in [-0.3, -0.25) is 4.79 Å². The average molecular weight is 255 g/mol. The van der Waals surface area contributed by atoms with E-state index in [1.165, 1.54) is 32.1 Å². The van der Waals surface area contributed by atoms with Gasteiger partial charge in [-0.15, -0.1) is 0 Å². The third kappa shape index (κ3) is 4.58. The Bertz CT molecular complexity index is 272. The summed E-state index contributed by atoms with van der Waals surface area (Å²) in [4.78, 5) is 13.6. The molecule has 4 N–H and O–H groups in total. The number of amides is 1. The molecule has 4 nitrogen and oxygen atoms in total. The van der Waals surface area contributed by atoms with Crippen LogP contribution in [0.3, 0.4) is 0 Å². The molecular formula is C14H29N3O. The van der Waals surface area contributed by atoms with Crippen molar-refractivity contribution < 1.29 is 4.79 Å². The molecule has 0 aromatic heterocycles. The summed E-state index contributed by atoms with van der Waals surface area (Å²) in [7, 11) is 2.12. The van der Waals surface area contributed by atoms with Crippen molar-refractivity contribution in [3.63, 3.8) is 0 Å². The van der Waals surface area contributed by atoms with Crippen LogP contribution < -0.4 is 11.5 Å². The monoisotopic (exact) mass is 255 g/mol. The number of rotatable bonds is 6. The van der Waals surface area contributed by atoms with E-state index >= 15 is 0 Å². The highest BCUT2D eigenvalue weighted by Crippen LogP contribution is 2.25. The van der Waals surface area contributed by atoms with E-state index in [9.17, 15) is 4.79 Å². The maximum Gasteiger partial charge on any atom is 0.237 e. The summed E-state index contributed by atoms with van der Waals surface area (Å²) in [5.41, 5.74) is 10.3. The van der Waals surface area contributed by atoms with Gasteiger partial charge in [0.15, 0.2) is 0 Å². The molecule has 0 aromatic rings. The van der Waals surface area contributed by atoms with Crippen molar-refractivity contribution in [1.82, 2.24) is 4.90 Å². The average Bonchev–Trinajstić information content (AvgIpc) is 2.29. The molecule has 2 atom stereocenters. The highest BCUT2D eigenvalue weighted by atomic mass is 16.1. The van der Waals surface area contributed by atoms with Crippen molar-refractivity contribution >= 4 is 5.91 Å². The van der Waals surface area contributed by atoms with Gasteiger partial charge in [0.1, 0.15) is 0 Å². The van der Waals surface area contributed by atoms with Crippen LogP contribution in [0.1, 0.15) is 52.4 Å². The van der Waals surface area contributed by atoms with Crippen LogP contribution >= 0.6 is 0 Å². The lowest BCUT2D eigenvalue weighted by Gasteiger charge is -2.34. The van der Waals surface area contributed by atoms with Crippen molar-refractivity contribution in [1.29, 1.82) is 0 Å². The predicted molar refractivity (Wildman–Crippen MR) is 75.1 cm³/mol. The molecule has 0 saturated heterocycles. The third-order valence-corrected chi connectivity index (χ3v) is 4.31. The molecule has 1 rings (SSSR count). The van der Waals surface area contributed by atoms with E-state index in [-0.39, 0.29) is 6.04 Å². The molecule has 106 valence electrons. The zero-order chi connectivity index (χ0) is 13.8. The minimum atomic E-state index is -0.903. The van der Waals surface area contributed by atoms with E-state index < -0.39 is 11.4 Å². The third-order valence-electron chi connectivity index (χ3n) is 4.31. The van der Waals surface area contributed by atoms with Crippen molar-refractivity contribution in [2.75, 3.05) is 13.6 Å². The van der Waals surface area contributed by atoms with Gasteiger partial charge in [-0.25, -0.2) is 0 Å². The lowest BCUT2D eigenvalue weighted by atomic mass is 9.88. The molecule has 0 aliphatic heterocycles. The van der Waals surface area contributed by atoms with Crippen molar-refractivity contribution in [2.45, 2.75) is 64.0 Å². The minimum Gasteiger partial charge on any atom is -0.368 e. The SMILES string of the molecule is CC(CC(C)(N)C(N)=O)N(C)CC1CCCCC1. The van der Waals surface area contributed by atoms with Gasteiger partial charge in [-0.05, 0) is 46.1 Å². The van der Waals surface area contributed by atoms with E-state index in [1.54, 1.807) is 6.92 Å². The summed E-state index contributed by atoms with van der Waals surface area (Å²) < 4.78 is 0. The smallest absolute Gasteiger partial charge is 0.237 e. The number of nitrogens with two attached hydrogens (primary N) is 2. The van der Waals surface area contributed by atoms with Crippen LogP contribution in [0.15, 0.2) is 0 Å². The number of hydrogen-bond donors (Lipinski definition) is 2. The standard InChI is InChI=1S/C14H29N3O/c1-11(9-14(2,16)13(15)18)17(3)10-12-7-5-4-6-8-12/h11-12H,4-10,16H2,1-3H3,(H2,15,18). The Morgan fingerprint density at radius 3 is 2.44 bits per heavy atom. The summed E-state index contributed by atoms with van der Waals surface area (Å²) >= 11 is 0. The molecule has 1 aliphatic carbocycles. The number of hydrogen-bond acceptors (Lipinski definition) is 3. The highest BCUT2D eigenvalue weighted by Gasteiger charge is 2.30. The van der Waals surface area contributed by atoms with Crippen LogP contribution in [-0.2, 0) is 4.79 Å². The van der Waals surface area contributed by atoms with Crippen LogP contribution in [-0.4, -0.2) is 36.0 Å². The molecule has 0 radical (unpaired) electrons. The molecule has 1 saturated carbocycles. The van der Waals surface area contributed by atoms with E-state index in [1.807, 2.05) is 0 Å². The second kappa shape index (κ2) is 6.53. The summed E-state index contributed by atoms with van der Waals surface area (Å²) in [5.74, 6) is 0.393. The lowest BCUT2D eigenvalue weighted by molar-refractivity contribution is -0.123. The molecule has 1 amide bonds. The molecule has 2 unspecified atom stereocenters. The van der Waals surface area contributed by atoms with Gasteiger partial charge in [-0.2, -0.15) is 0 Å². The first-order chi connectivity index (χ1) is 8.33. The molecular weight excluding hydrogens is 226 g/mol. The first-order valence-corrected chi connectivity index (χ1v) is 7.12. The zero-order valence-electron chi connectivity index (χ0n) is 12.1. The maximum atomic E-state index is 11.2. The highest BCUT2D eigenvalue weighted by molar-refractivity contribution is 5.83. The number of carbonyl (C=O) groups excluding carboxylic acids is 1. The van der Waals surface area contributed by atoms with Gasteiger partial charge < -0.3 is 16.4 Å². The molecule has 0 aromatic carbocycles. The molecule has 4 heteroatoms. The molecule has 0 heterocycles. The van der Waals surface area contributed by atoms with Crippen LogP contribution in [0.25, 0.3) is 0 Å². The molecule has 1 aliphatic rings. The van der Waals surface area contributed by atoms with E-state index in [0.717, 1.165) is 12.5 Å². The number of primary amides is 1. The predicted octanol–water partition coefficient (Wildman–Crippen LogP) is 1.48. The van der Waals surface area contributed by atoms with Crippen molar-refractivity contribution in [3.8, 4) is 0 Å². The van der Waals surface area contributed by atoms with Crippen molar-refractivity contribution in [2.24, 2.45) is 17.4 Å². The number of carbonyl (C=O) groups is 1. The Morgan fingerprint density at radius 1 is 1.39 bits per heavy atom. The van der Waals surface area contributed by atoms with E-state index in [4.69, 9.17) is 11.5 Å². The summed E-state index contributed by atoms with van der Waals surface area (Å²) in [6.45, 7) is 4.95. The molecule has 0 spiro atoms. The van der Waals surface area contributed by atoms with Crippen LogP contribution in [0.5, 0.6) is 0 Å². The fourth-order valence-electron chi connectivity index (χ4n) is 2.83. The quantitative estimate of drug-likeness (QED) is 0.755. The Kier molecular flexibility index (Phi) is 5.60. The Balaban J connectivity index is 2.40. The van der Waals surface area contributed by atoms with E-state index in [0.29, 0.717) is 6.42 Å². The largest absolute Gasteiger partial charge is 0.368 e. The van der Waals surface area contributed by atoms with Gasteiger partial charge in [0.05, 0.1) is 5.54 Å². The zero-order valence-corrected chi connectivity index (χ0v) is 12.1. The van der Waals surface area contributed by atoms with Crippen LogP contribution in [0.2, 0.25) is 0 Å². The van der Waals surface area contributed by atoms with Gasteiger partial charge in [0, 0.05) is 12.6 Å². The summed E-state index contributed by atoms with van der Waals surface area (Å²) in [6, 6.07) is 0.287. The Hall–Kier alpha value is -0.610. The number of nitrogens with zero attached hydrogens (tertiary/aromatic N) is 1. The topological polar surface area (TPSA) is 72.3 Å². The maximum absolute atomic E-state index is 11.2. The van der Waals surface area contributed by atoms with Gasteiger partial charge in [0.2, 0.25) is 5.91 Å². The van der Waals surface area contributed by atoms with Gasteiger partial charge in [-0.1, -0.05) is 19.3 Å². The Morgan fingerprint density at radius 2 is 1.94 bits per heavy atom. The molecule has 0 bridgehead atoms. The second-order valence-electron chi connectivity index (χ2n) is 6.28. The second-order valence-corrected chi connectivity index (χ2v) is 6.28. The fraction of sp³-hybridized carbons (Fsp3) is 0.929.